The SMILES string of the molecule is CC[C@H](Sc1nc2ccsc2c(=O)n1Cc1ccc2c(c1)OCO2)C(=O)Nc1ccccc1OC. The molecule has 0 unspecified atom stereocenters. The highest BCUT2D eigenvalue weighted by Gasteiger charge is 2.24. The molecule has 1 aliphatic rings. The van der Waals surface area contributed by atoms with Gasteiger partial charge in [-0.3, -0.25) is 14.2 Å². The van der Waals surface area contributed by atoms with E-state index in [1.807, 2.05) is 48.7 Å². The van der Waals surface area contributed by atoms with Crippen molar-refractivity contribution in [2.75, 3.05) is 19.2 Å². The maximum atomic E-state index is 13.4. The molecule has 3 heterocycles. The Hall–Kier alpha value is -3.50. The zero-order valence-corrected chi connectivity index (χ0v) is 20.8. The van der Waals surface area contributed by atoms with E-state index in [-0.39, 0.29) is 18.3 Å². The first-order chi connectivity index (χ1) is 17.1. The molecule has 35 heavy (non-hydrogen) atoms. The summed E-state index contributed by atoms with van der Waals surface area (Å²) in [5, 5.41) is 4.82. The van der Waals surface area contributed by atoms with Crippen molar-refractivity contribution < 1.29 is 19.0 Å². The summed E-state index contributed by atoms with van der Waals surface area (Å²) in [6.07, 6.45) is 0.549. The Labute approximate surface area is 209 Å². The molecule has 0 bridgehead atoms. The van der Waals surface area contributed by atoms with Gasteiger partial charge in [0.15, 0.2) is 16.7 Å². The number of benzene rings is 2. The van der Waals surface area contributed by atoms with Crippen LogP contribution < -0.4 is 25.1 Å². The summed E-state index contributed by atoms with van der Waals surface area (Å²) >= 11 is 2.64. The minimum Gasteiger partial charge on any atom is -0.495 e. The van der Waals surface area contributed by atoms with E-state index < -0.39 is 5.25 Å². The van der Waals surface area contributed by atoms with Crippen LogP contribution in [-0.2, 0) is 11.3 Å². The van der Waals surface area contributed by atoms with Gasteiger partial charge in [0, 0.05) is 0 Å². The predicted octanol–water partition coefficient (Wildman–Crippen LogP) is 4.75. The third-order valence-electron chi connectivity index (χ3n) is 5.58. The molecule has 4 aromatic rings. The van der Waals surface area contributed by atoms with Gasteiger partial charge in [-0.1, -0.05) is 36.9 Å². The number of anilines is 1. The molecule has 2 aromatic heterocycles. The second kappa shape index (κ2) is 10.0. The first kappa shape index (κ1) is 23.3. The summed E-state index contributed by atoms with van der Waals surface area (Å²) in [6, 6.07) is 14.7. The summed E-state index contributed by atoms with van der Waals surface area (Å²) in [7, 11) is 1.56. The number of thiophene rings is 1. The van der Waals surface area contributed by atoms with Crippen LogP contribution >= 0.6 is 23.1 Å². The molecular formula is C25H23N3O5S2. The summed E-state index contributed by atoms with van der Waals surface area (Å²) in [5.41, 5.74) is 1.97. The fourth-order valence-electron chi connectivity index (χ4n) is 3.79. The number of carbonyl (C=O) groups excluding carboxylic acids is 1. The van der Waals surface area contributed by atoms with Gasteiger partial charge in [-0.2, -0.15) is 0 Å². The third-order valence-corrected chi connectivity index (χ3v) is 7.83. The highest BCUT2D eigenvalue weighted by molar-refractivity contribution is 8.00. The lowest BCUT2D eigenvalue weighted by Crippen LogP contribution is -2.28. The van der Waals surface area contributed by atoms with E-state index in [1.54, 1.807) is 23.8 Å². The fourth-order valence-corrected chi connectivity index (χ4v) is 5.58. The lowest BCUT2D eigenvalue weighted by Gasteiger charge is -2.18. The van der Waals surface area contributed by atoms with Crippen molar-refractivity contribution in [3.05, 3.63) is 69.8 Å². The summed E-state index contributed by atoms with van der Waals surface area (Å²) < 4.78 is 18.5. The van der Waals surface area contributed by atoms with Crippen molar-refractivity contribution in [1.82, 2.24) is 9.55 Å². The van der Waals surface area contributed by atoms with E-state index in [0.717, 1.165) is 5.56 Å². The topological polar surface area (TPSA) is 91.7 Å². The Bertz CT molecular complexity index is 1450. The summed E-state index contributed by atoms with van der Waals surface area (Å²) in [6.45, 7) is 2.41. The predicted molar refractivity (Wildman–Crippen MR) is 137 cm³/mol. The van der Waals surface area contributed by atoms with Crippen LogP contribution in [0.25, 0.3) is 10.2 Å². The second-order valence-electron chi connectivity index (χ2n) is 7.81. The normalized spacial score (nSPS) is 13.1. The van der Waals surface area contributed by atoms with Gasteiger partial charge >= 0.3 is 0 Å². The van der Waals surface area contributed by atoms with E-state index >= 15 is 0 Å². The van der Waals surface area contributed by atoms with E-state index in [1.165, 1.54) is 23.1 Å². The summed E-state index contributed by atoms with van der Waals surface area (Å²) in [5.74, 6) is 1.73. The zero-order chi connectivity index (χ0) is 24.4. The number of carbonyl (C=O) groups is 1. The molecule has 10 heteroatoms. The number of rotatable bonds is 8. The number of para-hydroxylation sites is 2. The van der Waals surface area contributed by atoms with Crippen LogP contribution in [0.5, 0.6) is 17.2 Å². The minimum absolute atomic E-state index is 0.134. The molecule has 1 aliphatic heterocycles. The number of hydrogen-bond acceptors (Lipinski definition) is 8. The molecule has 0 aliphatic carbocycles. The van der Waals surface area contributed by atoms with Crippen LogP contribution in [0.4, 0.5) is 5.69 Å². The number of ether oxygens (including phenoxy) is 3. The average Bonchev–Trinajstić information content (AvgIpc) is 3.54. The highest BCUT2D eigenvalue weighted by Crippen LogP contribution is 2.34. The second-order valence-corrected chi connectivity index (χ2v) is 9.90. The van der Waals surface area contributed by atoms with Crippen molar-refractivity contribution >= 4 is 44.9 Å². The molecule has 1 atom stereocenters. The standard InChI is InChI=1S/C25H23N3O5S2/c1-3-21(23(29)26-16-6-4-5-7-18(16)31-2)35-25-27-17-10-11-34-22(17)24(30)28(25)13-15-8-9-19-20(12-15)33-14-32-19/h4-12,21H,3,13-14H2,1-2H3,(H,26,29)/t21-/m0/s1. The van der Waals surface area contributed by atoms with Crippen molar-refractivity contribution in [3.63, 3.8) is 0 Å². The van der Waals surface area contributed by atoms with Crippen molar-refractivity contribution in [2.45, 2.75) is 30.3 Å². The Balaban J connectivity index is 1.46. The number of nitrogens with zero attached hydrogens (tertiary/aromatic N) is 2. The van der Waals surface area contributed by atoms with Crippen LogP contribution in [0.1, 0.15) is 18.9 Å². The first-order valence-electron chi connectivity index (χ1n) is 11.0. The zero-order valence-electron chi connectivity index (χ0n) is 19.1. The lowest BCUT2D eigenvalue weighted by molar-refractivity contribution is -0.115. The van der Waals surface area contributed by atoms with Crippen LogP contribution in [-0.4, -0.2) is 34.6 Å². The number of aromatic nitrogens is 2. The Kier molecular flexibility index (Phi) is 6.65. The van der Waals surface area contributed by atoms with E-state index in [4.69, 9.17) is 19.2 Å². The van der Waals surface area contributed by atoms with Crippen molar-refractivity contribution in [1.29, 1.82) is 0 Å². The number of nitrogens with one attached hydrogen (secondary N) is 1. The maximum Gasteiger partial charge on any atom is 0.272 e. The van der Waals surface area contributed by atoms with E-state index in [2.05, 4.69) is 5.32 Å². The highest BCUT2D eigenvalue weighted by atomic mass is 32.2. The van der Waals surface area contributed by atoms with Crippen LogP contribution in [0.3, 0.4) is 0 Å². The van der Waals surface area contributed by atoms with Gasteiger partial charge in [-0.15, -0.1) is 11.3 Å². The van der Waals surface area contributed by atoms with Gasteiger partial charge in [0.25, 0.3) is 5.56 Å². The number of amides is 1. The Morgan fingerprint density at radius 3 is 2.89 bits per heavy atom. The molecule has 8 nitrogen and oxygen atoms in total. The average molecular weight is 510 g/mol. The minimum atomic E-state index is -0.467. The largest absolute Gasteiger partial charge is 0.495 e. The molecule has 0 saturated heterocycles. The molecule has 0 saturated carbocycles. The molecule has 1 N–H and O–H groups in total. The fraction of sp³-hybridized carbons (Fsp3) is 0.240. The van der Waals surface area contributed by atoms with Crippen LogP contribution in [0.15, 0.2) is 63.9 Å². The third kappa shape index (κ3) is 4.71. The van der Waals surface area contributed by atoms with Gasteiger partial charge in [-0.25, -0.2) is 4.98 Å². The van der Waals surface area contributed by atoms with Crippen LogP contribution in [0, 0.1) is 0 Å². The maximum absolute atomic E-state index is 13.4. The molecular weight excluding hydrogens is 486 g/mol. The first-order valence-corrected chi connectivity index (χ1v) is 12.8. The smallest absolute Gasteiger partial charge is 0.272 e. The van der Waals surface area contributed by atoms with Crippen molar-refractivity contribution in [2.24, 2.45) is 0 Å². The summed E-state index contributed by atoms with van der Waals surface area (Å²) in [4.78, 5) is 31.3. The molecule has 2 aromatic carbocycles. The Morgan fingerprint density at radius 2 is 2.06 bits per heavy atom. The molecule has 1 amide bonds. The van der Waals surface area contributed by atoms with Gasteiger partial charge < -0.3 is 19.5 Å². The molecule has 180 valence electrons. The van der Waals surface area contributed by atoms with Gasteiger partial charge in [0.1, 0.15) is 10.4 Å². The molecule has 0 radical (unpaired) electrons. The van der Waals surface area contributed by atoms with Crippen molar-refractivity contribution in [3.8, 4) is 17.2 Å². The van der Waals surface area contributed by atoms with Gasteiger partial charge in [-0.05, 0) is 47.7 Å². The van der Waals surface area contributed by atoms with Gasteiger partial charge in [0.05, 0.1) is 30.1 Å². The molecule has 5 rings (SSSR count). The van der Waals surface area contributed by atoms with Crippen LogP contribution in [0.2, 0.25) is 0 Å². The number of methoxy groups -OCH3 is 1. The number of thioether (sulfide) groups is 1. The number of fused-ring (bicyclic) bond motifs is 2. The molecule has 0 spiro atoms. The van der Waals surface area contributed by atoms with E-state index in [9.17, 15) is 9.59 Å². The molecule has 0 fully saturated rings. The monoisotopic (exact) mass is 509 g/mol. The van der Waals surface area contributed by atoms with Gasteiger partial charge in [0.2, 0.25) is 12.7 Å². The van der Waals surface area contributed by atoms with E-state index in [0.29, 0.717) is 51.3 Å². The quantitative estimate of drug-likeness (QED) is 0.271. The number of hydrogen-bond donors (Lipinski definition) is 1. The lowest BCUT2D eigenvalue weighted by atomic mass is 10.2. The Morgan fingerprint density at radius 1 is 1.23 bits per heavy atom.